The van der Waals surface area contributed by atoms with Crippen molar-refractivity contribution in [3.63, 3.8) is 0 Å². The summed E-state index contributed by atoms with van der Waals surface area (Å²) in [5.74, 6) is 0.381. The number of carbonyl (C=O) groups excluding carboxylic acids is 1. The summed E-state index contributed by atoms with van der Waals surface area (Å²) >= 11 is 5.92. The fourth-order valence-corrected chi connectivity index (χ4v) is 3.41. The van der Waals surface area contributed by atoms with E-state index in [2.05, 4.69) is 15.1 Å². The Morgan fingerprint density at radius 1 is 1.33 bits per heavy atom. The summed E-state index contributed by atoms with van der Waals surface area (Å²) in [6, 6.07) is 2.25. The molecule has 7 nitrogen and oxygen atoms in total. The first-order chi connectivity index (χ1) is 9.97. The Hall–Kier alpha value is -1.76. The minimum absolute atomic E-state index is 0.0843. The quantitative estimate of drug-likeness (QED) is 0.838. The second-order valence-electron chi connectivity index (χ2n) is 5.81. The number of amides is 2. The van der Waals surface area contributed by atoms with Crippen LogP contribution in [-0.2, 0) is 0 Å². The topological polar surface area (TPSA) is 78.6 Å². The summed E-state index contributed by atoms with van der Waals surface area (Å²) in [5.41, 5.74) is 6.72. The maximum atomic E-state index is 12.3. The highest BCUT2D eigenvalue weighted by Crippen LogP contribution is 2.35. The summed E-state index contributed by atoms with van der Waals surface area (Å²) in [4.78, 5) is 18.1. The molecular weight excluding hydrogens is 292 g/mol. The number of halogens is 1. The Morgan fingerprint density at radius 2 is 1.95 bits per heavy atom. The van der Waals surface area contributed by atoms with Crippen LogP contribution in [0.15, 0.2) is 6.07 Å². The van der Waals surface area contributed by atoms with Crippen molar-refractivity contribution >= 4 is 29.1 Å². The highest BCUT2D eigenvalue weighted by atomic mass is 35.5. The fraction of sp³-hybridized carbons (Fsp3) is 0.615. The van der Waals surface area contributed by atoms with Crippen molar-refractivity contribution in [3.8, 4) is 0 Å². The van der Waals surface area contributed by atoms with E-state index >= 15 is 0 Å². The first-order valence-corrected chi connectivity index (χ1v) is 7.38. The number of piperazine rings is 1. The maximum Gasteiger partial charge on any atom is 0.320 e. The molecule has 0 radical (unpaired) electrons. The van der Waals surface area contributed by atoms with Gasteiger partial charge in [-0.3, -0.25) is 0 Å². The third-order valence-electron chi connectivity index (χ3n) is 4.20. The highest BCUT2D eigenvalue weighted by Gasteiger charge is 2.43. The summed E-state index contributed by atoms with van der Waals surface area (Å²) in [5, 5.41) is 7.95. The van der Waals surface area contributed by atoms with Gasteiger partial charge < -0.3 is 20.4 Å². The van der Waals surface area contributed by atoms with Gasteiger partial charge in [-0.1, -0.05) is 11.6 Å². The van der Waals surface area contributed by atoms with E-state index in [-0.39, 0.29) is 18.1 Å². The Bertz CT molecular complexity index is 552. The molecular formula is C13H19ClN6O. The van der Waals surface area contributed by atoms with Gasteiger partial charge in [0.15, 0.2) is 11.0 Å². The van der Waals surface area contributed by atoms with Gasteiger partial charge in [0.2, 0.25) is 0 Å². The summed E-state index contributed by atoms with van der Waals surface area (Å²) in [6.07, 6.45) is 2.04. The number of urea groups is 1. The molecule has 2 aliphatic rings. The number of fused-ring (bicyclic) bond motifs is 2. The molecule has 3 heterocycles. The molecule has 2 aliphatic heterocycles. The Kier molecular flexibility index (Phi) is 3.52. The van der Waals surface area contributed by atoms with Gasteiger partial charge in [-0.15, -0.1) is 10.2 Å². The molecule has 2 N–H and O–H groups in total. The van der Waals surface area contributed by atoms with Crippen molar-refractivity contribution < 1.29 is 4.79 Å². The van der Waals surface area contributed by atoms with Gasteiger partial charge in [0, 0.05) is 33.3 Å². The first kappa shape index (κ1) is 14.2. The molecule has 2 atom stereocenters. The number of rotatable bonds is 1. The fourth-order valence-electron chi connectivity index (χ4n) is 3.26. The van der Waals surface area contributed by atoms with Crippen LogP contribution in [0.3, 0.4) is 0 Å². The number of anilines is 2. The van der Waals surface area contributed by atoms with E-state index in [1.54, 1.807) is 25.1 Å². The minimum atomic E-state index is 0.0843. The summed E-state index contributed by atoms with van der Waals surface area (Å²) in [6.45, 7) is 1.50. The second-order valence-corrected chi connectivity index (χ2v) is 6.20. The van der Waals surface area contributed by atoms with Crippen LogP contribution < -0.4 is 10.6 Å². The number of hydrogen-bond acceptors (Lipinski definition) is 5. The van der Waals surface area contributed by atoms with Crippen LogP contribution in [0.2, 0.25) is 5.15 Å². The molecule has 2 bridgehead atoms. The Balaban J connectivity index is 1.83. The first-order valence-electron chi connectivity index (χ1n) is 7.00. The van der Waals surface area contributed by atoms with Gasteiger partial charge in [-0.05, 0) is 12.8 Å². The largest absolute Gasteiger partial charge is 0.380 e. The lowest BCUT2D eigenvalue weighted by molar-refractivity contribution is 0.138. The molecule has 0 saturated carbocycles. The molecule has 2 unspecified atom stereocenters. The smallest absolute Gasteiger partial charge is 0.320 e. The number of nitrogen functional groups attached to an aromatic ring is 1. The number of aromatic nitrogens is 2. The van der Waals surface area contributed by atoms with Gasteiger partial charge >= 0.3 is 6.03 Å². The van der Waals surface area contributed by atoms with E-state index in [0.29, 0.717) is 11.0 Å². The molecule has 2 fully saturated rings. The van der Waals surface area contributed by atoms with Crippen molar-refractivity contribution in [2.24, 2.45) is 0 Å². The molecule has 1 aromatic rings. The monoisotopic (exact) mass is 310 g/mol. The van der Waals surface area contributed by atoms with Crippen molar-refractivity contribution in [2.75, 3.05) is 37.8 Å². The van der Waals surface area contributed by atoms with Gasteiger partial charge in [-0.2, -0.15) is 0 Å². The molecule has 2 saturated heterocycles. The van der Waals surface area contributed by atoms with Crippen molar-refractivity contribution in [1.29, 1.82) is 0 Å². The molecule has 8 heteroatoms. The summed E-state index contributed by atoms with van der Waals surface area (Å²) in [7, 11) is 3.58. The lowest BCUT2D eigenvalue weighted by Crippen LogP contribution is -2.58. The van der Waals surface area contributed by atoms with E-state index in [0.717, 1.165) is 31.6 Å². The van der Waals surface area contributed by atoms with Gasteiger partial charge in [-0.25, -0.2) is 4.79 Å². The third kappa shape index (κ3) is 2.46. The lowest BCUT2D eigenvalue weighted by atomic mass is 10.2. The predicted molar refractivity (Wildman–Crippen MR) is 81.4 cm³/mol. The number of nitrogens with zero attached hydrogens (tertiary/aromatic N) is 5. The number of carbonyl (C=O) groups is 1. The van der Waals surface area contributed by atoms with Crippen LogP contribution in [-0.4, -0.2) is 65.3 Å². The molecule has 3 rings (SSSR count). The zero-order chi connectivity index (χ0) is 15.1. The zero-order valence-electron chi connectivity index (χ0n) is 12.2. The van der Waals surface area contributed by atoms with E-state index in [1.165, 1.54) is 0 Å². The van der Waals surface area contributed by atoms with E-state index in [1.807, 2.05) is 4.90 Å². The maximum absolute atomic E-state index is 12.3. The van der Waals surface area contributed by atoms with E-state index < -0.39 is 0 Å². The SMILES string of the molecule is CN(C)C(=O)N1C2CCC1CN(c1cc(Cl)nnc1N)C2. The molecule has 21 heavy (non-hydrogen) atoms. The highest BCUT2D eigenvalue weighted by molar-refractivity contribution is 6.29. The Labute approximate surface area is 128 Å². The van der Waals surface area contributed by atoms with Crippen LogP contribution in [0.1, 0.15) is 12.8 Å². The van der Waals surface area contributed by atoms with E-state index in [4.69, 9.17) is 17.3 Å². The van der Waals surface area contributed by atoms with Crippen molar-refractivity contribution in [3.05, 3.63) is 11.2 Å². The molecule has 0 aromatic carbocycles. The summed E-state index contributed by atoms with van der Waals surface area (Å²) < 4.78 is 0. The van der Waals surface area contributed by atoms with Crippen LogP contribution >= 0.6 is 11.6 Å². The van der Waals surface area contributed by atoms with Crippen LogP contribution in [0, 0.1) is 0 Å². The van der Waals surface area contributed by atoms with Gasteiger partial charge in [0.25, 0.3) is 0 Å². The van der Waals surface area contributed by atoms with Crippen LogP contribution in [0.25, 0.3) is 0 Å². The normalized spacial score (nSPS) is 24.3. The molecule has 0 spiro atoms. The minimum Gasteiger partial charge on any atom is -0.380 e. The average Bonchev–Trinajstić information content (AvgIpc) is 2.70. The number of hydrogen-bond donors (Lipinski definition) is 1. The molecule has 2 amide bonds. The van der Waals surface area contributed by atoms with Gasteiger partial charge in [0.05, 0.1) is 17.8 Å². The second kappa shape index (κ2) is 5.22. The molecule has 114 valence electrons. The predicted octanol–water partition coefficient (Wildman–Crippen LogP) is 1.05. The number of nitrogens with two attached hydrogens (primary N) is 1. The third-order valence-corrected chi connectivity index (χ3v) is 4.38. The van der Waals surface area contributed by atoms with Crippen LogP contribution in [0.4, 0.5) is 16.3 Å². The van der Waals surface area contributed by atoms with Crippen molar-refractivity contribution in [2.45, 2.75) is 24.9 Å². The van der Waals surface area contributed by atoms with E-state index in [9.17, 15) is 4.79 Å². The zero-order valence-corrected chi connectivity index (χ0v) is 12.9. The molecule has 0 aliphatic carbocycles. The average molecular weight is 311 g/mol. The Morgan fingerprint density at radius 3 is 2.52 bits per heavy atom. The van der Waals surface area contributed by atoms with Crippen molar-refractivity contribution in [1.82, 2.24) is 20.0 Å². The van der Waals surface area contributed by atoms with Crippen LogP contribution in [0.5, 0.6) is 0 Å². The standard InChI is InChI=1S/C13H19ClN6O/c1-18(2)13(21)20-8-3-4-9(20)7-19(6-8)10-5-11(14)16-17-12(10)15/h5,8-9H,3-4,6-7H2,1-2H3,(H2,15,17). The van der Waals surface area contributed by atoms with Gasteiger partial charge in [0.1, 0.15) is 0 Å². The molecule has 1 aromatic heterocycles. The lowest BCUT2D eigenvalue weighted by Gasteiger charge is -2.43.